The highest BCUT2D eigenvalue weighted by Gasteiger charge is 2.23. The van der Waals surface area contributed by atoms with E-state index in [-0.39, 0.29) is 24.0 Å². The number of aromatic nitrogens is 3. The van der Waals surface area contributed by atoms with Crippen LogP contribution >= 0.6 is 35.7 Å². The molecule has 0 spiro atoms. The number of benzene rings is 1. The molecule has 1 aliphatic carbocycles. The Kier molecular flexibility index (Phi) is 12.2. The SMILES string of the molecule is CCNC(=NCCCc1nnc(SC)n1C1CCCC1)NCCc1ccc(OC)cc1.I. The van der Waals surface area contributed by atoms with Crippen molar-refractivity contribution < 1.29 is 4.74 Å². The number of hydrogen-bond donors (Lipinski definition) is 2. The number of hydrogen-bond acceptors (Lipinski definition) is 5. The number of guanidine groups is 1. The summed E-state index contributed by atoms with van der Waals surface area (Å²) in [4.78, 5) is 4.75. The number of aryl methyl sites for hydroxylation is 1. The zero-order valence-corrected chi connectivity index (χ0v) is 22.6. The van der Waals surface area contributed by atoms with Gasteiger partial charge in [0.05, 0.1) is 7.11 Å². The molecular weight excluding hydrogens is 535 g/mol. The normalized spacial score (nSPS) is 14.3. The third-order valence-corrected chi connectivity index (χ3v) is 6.29. The van der Waals surface area contributed by atoms with Crippen LogP contribution in [0.1, 0.15) is 56.5 Å². The van der Waals surface area contributed by atoms with Gasteiger partial charge in [-0.3, -0.25) is 4.99 Å². The van der Waals surface area contributed by atoms with Gasteiger partial charge in [-0.25, -0.2) is 0 Å². The van der Waals surface area contributed by atoms with Gasteiger partial charge in [-0.1, -0.05) is 36.7 Å². The summed E-state index contributed by atoms with van der Waals surface area (Å²) in [7, 11) is 1.69. The largest absolute Gasteiger partial charge is 0.497 e. The minimum absolute atomic E-state index is 0. The molecule has 1 aliphatic rings. The van der Waals surface area contributed by atoms with Crippen molar-refractivity contribution in [3.8, 4) is 5.75 Å². The summed E-state index contributed by atoms with van der Waals surface area (Å²) >= 11 is 1.70. The van der Waals surface area contributed by atoms with Crippen LogP contribution in [-0.4, -0.2) is 53.7 Å². The van der Waals surface area contributed by atoms with Crippen LogP contribution in [0.3, 0.4) is 0 Å². The Bertz CT molecular complexity index is 820. The monoisotopic (exact) mass is 572 g/mol. The highest BCUT2D eigenvalue weighted by molar-refractivity contribution is 14.0. The van der Waals surface area contributed by atoms with Crippen LogP contribution in [0.5, 0.6) is 5.75 Å². The predicted octanol–water partition coefficient (Wildman–Crippen LogP) is 4.47. The molecule has 1 fully saturated rings. The maximum Gasteiger partial charge on any atom is 0.191 e. The standard InChI is InChI=1S/C23H36N6OS.HI/c1-4-24-22(26-17-15-18-11-13-20(30-2)14-12-18)25-16-7-10-21-27-28-23(31-3)29(21)19-8-5-6-9-19;/h11-14,19H,4-10,15-17H2,1-3H3,(H2,24,25,26);1H. The third kappa shape index (κ3) is 7.83. The molecule has 0 unspecified atom stereocenters. The predicted molar refractivity (Wildman–Crippen MR) is 144 cm³/mol. The van der Waals surface area contributed by atoms with Crippen LogP contribution in [0.25, 0.3) is 0 Å². The molecule has 0 saturated heterocycles. The van der Waals surface area contributed by atoms with E-state index < -0.39 is 0 Å². The zero-order chi connectivity index (χ0) is 21.9. The molecule has 0 aliphatic heterocycles. The summed E-state index contributed by atoms with van der Waals surface area (Å²) < 4.78 is 7.61. The van der Waals surface area contributed by atoms with Gasteiger partial charge in [0, 0.05) is 32.1 Å². The Morgan fingerprint density at radius 2 is 1.91 bits per heavy atom. The fraction of sp³-hybridized carbons (Fsp3) is 0.609. The molecule has 1 saturated carbocycles. The van der Waals surface area contributed by atoms with Crippen LogP contribution in [-0.2, 0) is 12.8 Å². The lowest BCUT2D eigenvalue weighted by atomic mass is 10.1. The summed E-state index contributed by atoms with van der Waals surface area (Å²) in [6.07, 6.45) is 10.0. The van der Waals surface area contributed by atoms with Crippen molar-refractivity contribution in [2.75, 3.05) is 33.0 Å². The first-order valence-corrected chi connectivity index (χ1v) is 12.6. The van der Waals surface area contributed by atoms with Gasteiger partial charge in [-0.2, -0.15) is 0 Å². The highest BCUT2D eigenvalue weighted by Crippen LogP contribution is 2.33. The second-order valence-electron chi connectivity index (χ2n) is 7.80. The Labute approximate surface area is 213 Å². The number of nitrogens with one attached hydrogen (secondary N) is 2. The maximum atomic E-state index is 5.22. The molecule has 3 rings (SSSR count). The first-order chi connectivity index (χ1) is 15.2. The summed E-state index contributed by atoms with van der Waals surface area (Å²) in [5.74, 6) is 2.88. The van der Waals surface area contributed by atoms with Gasteiger partial charge in [0.15, 0.2) is 11.1 Å². The van der Waals surface area contributed by atoms with Crippen molar-refractivity contribution in [2.45, 2.75) is 63.1 Å². The first-order valence-electron chi connectivity index (χ1n) is 11.4. The number of rotatable bonds is 11. The van der Waals surface area contributed by atoms with Gasteiger partial charge in [0.25, 0.3) is 0 Å². The van der Waals surface area contributed by atoms with Gasteiger partial charge >= 0.3 is 0 Å². The highest BCUT2D eigenvalue weighted by atomic mass is 127. The van der Waals surface area contributed by atoms with Gasteiger partial charge in [-0.05, 0) is 56.6 Å². The van der Waals surface area contributed by atoms with E-state index in [2.05, 4.69) is 50.7 Å². The lowest BCUT2D eigenvalue weighted by Crippen LogP contribution is -2.38. The summed E-state index contributed by atoms with van der Waals surface area (Å²) in [6, 6.07) is 8.79. The Morgan fingerprint density at radius 3 is 2.56 bits per heavy atom. The molecule has 1 aromatic carbocycles. The second kappa shape index (κ2) is 14.6. The molecule has 0 radical (unpaired) electrons. The lowest BCUT2D eigenvalue weighted by Gasteiger charge is -2.16. The average Bonchev–Trinajstić information content (AvgIpc) is 3.46. The molecule has 32 heavy (non-hydrogen) atoms. The van der Waals surface area contributed by atoms with E-state index in [9.17, 15) is 0 Å². The summed E-state index contributed by atoms with van der Waals surface area (Å²) in [6.45, 7) is 4.55. The lowest BCUT2D eigenvalue weighted by molar-refractivity contribution is 0.414. The van der Waals surface area contributed by atoms with Crippen LogP contribution in [0.15, 0.2) is 34.4 Å². The quantitative estimate of drug-likeness (QED) is 0.136. The maximum absolute atomic E-state index is 5.22. The zero-order valence-electron chi connectivity index (χ0n) is 19.5. The number of nitrogens with zero attached hydrogens (tertiary/aromatic N) is 4. The van der Waals surface area contributed by atoms with E-state index in [1.54, 1.807) is 18.9 Å². The summed E-state index contributed by atoms with van der Waals surface area (Å²) in [5, 5.41) is 16.7. The molecule has 1 aromatic heterocycles. The molecule has 1 heterocycles. The Morgan fingerprint density at radius 1 is 1.16 bits per heavy atom. The molecule has 0 amide bonds. The van der Waals surface area contributed by atoms with Crippen molar-refractivity contribution in [1.29, 1.82) is 0 Å². The molecular formula is C23H37IN6OS. The number of halogens is 1. The first kappa shape index (κ1) is 26.8. The smallest absolute Gasteiger partial charge is 0.191 e. The van der Waals surface area contributed by atoms with Crippen LogP contribution in [0, 0.1) is 0 Å². The Hall–Kier alpha value is -1.49. The van der Waals surface area contributed by atoms with Crippen molar-refractivity contribution in [1.82, 2.24) is 25.4 Å². The molecule has 0 atom stereocenters. The van der Waals surface area contributed by atoms with E-state index in [0.29, 0.717) is 6.04 Å². The minimum atomic E-state index is 0. The van der Waals surface area contributed by atoms with Crippen molar-refractivity contribution in [3.63, 3.8) is 0 Å². The fourth-order valence-electron chi connectivity index (χ4n) is 4.03. The van der Waals surface area contributed by atoms with Crippen LogP contribution < -0.4 is 15.4 Å². The number of methoxy groups -OCH3 is 1. The third-order valence-electron chi connectivity index (χ3n) is 5.65. The number of ether oxygens (including phenoxy) is 1. The molecule has 7 nitrogen and oxygen atoms in total. The van der Waals surface area contributed by atoms with E-state index in [0.717, 1.165) is 61.6 Å². The van der Waals surface area contributed by atoms with E-state index in [1.807, 2.05) is 12.1 Å². The van der Waals surface area contributed by atoms with E-state index >= 15 is 0 Å². The van der Waals surface area contributed by atoms with Crippen LogP contribution in [0.2, 0.25) is 0 Å². The van der Waals surface area contributed by atoms with Gasteiger partial charge < -0.3 is 19.9 Å². The fourth-order valence-corrected chi connectivity index (χ4v) is 4.61. The second-order valence-corrected chi connectivity index (χ2v) is 8.57. The molecule has 2 aromatic rings. The molecule has 178 valence electrons. The van der Waals surface area contributed by atoms with Crippen molar-refractivity contribution >= 4 is 41.7 Å². The van der Waals surface area contributed by atoms with Gasteiger partial charge in [0.1, 0.15) is 11.6 Å². The number of aliphatic imine (C=N–C) groups is 1. The minimum Gasteiger partial charge on any atom is -0.497 e. The van der Waals surface area contributed by atoms with Gasteiger partial charge in [-0.15, -0.1) is 34.2 Å². The molecule has 2 N–H and O–H groups in total. The van der Waals surface area contributed by atoms with Crippen molar-refractivity contribution in [2.24, 2.45) is 4.99 Å². The van der Waals surface area contributed by atoms with E-state index in [4.69, 9.17) is 9.73 Å². The average molecular weight is 573 g/mol. The number of thioether (sulfide) groups is 1. The Balaban J connectivity index is 0.00000363. The van der Waals surface area contributed by atoms with E-state index in [1.165, 1.54) is 31.2 Å². The van der Waals surface area contributed by atoms with Crippen molar-refractivity contribution in [3.05, 3.63) is 35.7 Å². The van der Waals surface area contributed by atoms with Gasteiger partial charge in [0.2, 0.25) is 0 Å². The van der Waals surface area contributed by atoms with Crippen LogP contribution in [0.4, 0.5) is 0 Å². The molecule has 9 heteroatoms. The molecule has 0 bridgehead atoms. The topological polar surface area (TPSA) is 76.4 Å². The summed E-state index contributed by atoms with van der Waals surface area (Å²) in [5.41, 5.74) is 1.28.